The molecule has 0 aliphatic carbocycles. The minimum Gasteiger partial charge on any atom is -0.355 e. The van der Waals surface area contributed by atoms with Gasteiger partial charge in [-0.25, -0.2) is 0 Å². The number of hydrogen-bond acceptors (Lipinski definition) is 3. The van der Waals surface area contributed by atoms with Crippen LogP contribution in [0.3, 0.4) is 0 Å². The van der Waals surface area contributed by atoms with Gasteiger partial charge < -0.3 is 10.2 Å². The molecule has 25 heavy (non-hydrogen) atoms. The van der Waals surface area contributed by atoms with Crippen molar-refractivity contribution in [3.8, 4) is 0 Å². The van der Waals surface area contributed by atoms with Crippen molar-refractivity contribution < 1.29 is 9.59 Å². The second kappa shape index (κ2) is 10.2. The van der Waals surface area contributed by atoms with Gasteiger partial charge in [0.1, 0.15) is 0 Å². The quantitative estimate of drug-likeness (QED) is 0.783. The van der Waals surface area contributed by atoms with Crippen LogP contribution in [0.5, 0.6) is 0 Å². The minimum absolute atomic E-state index is 0.0665. The molecule has 1 aromatic rings. The first kappa shape index (κ1) is 19.4. The normalized spacial score (nSPS) is 16.5. The summed E-state index contributed by atoms with van der Waals surface area (Å²) in [5.41, 5.74) is 1.33. The molecule has 138 valence electrons. The summed E-state index contributed by atoms with van der Waals surface area (Å²) in [6, 6.07) is 10.4. The Morgan fingerprint density at radius 3 is 2.44 bits per heavy atom. The van der Waals surface area contributed by atoms with E-state index in [2.05, 4.69) is 41.4 Å². The zero-order valence-corrected chi connectivity index (χ0v) is 15.5. The molecule has 5 nitrogen and oxygen atoms in total. The van der Waals surface area contributed by atoms with Crippen molar-refractivity contribution in [3.05, 3.63) is 35.9 Å². The monoisotopic (exact) mass is 345 g/mol. The summed E-state index contributed by atoms with van der Waals surface area (Å²) < 4.78 is 0. The number of nitrogens with one attached hydrogen (secondary N) is 1. The SMILES string of the molecule is CCNC(=O)CN1CCN(C(=O)C[C@@H](C)CCc2ccccc2)CC1. The number of nitrogens with zero attached hydrogens (tertiary/aromatic N) is 2. The highest BCUT2D eigenvalue weighted by Gasteiger charge is 2.23. The molecular weight excluding hydrogens is 314 g/mol. The Bertz CT molecular complexity index is 539. The maximum Gasteiger partial charge on any atom is 0.234 e. The average molecular weight is 345 g/mol. The van der Waals surface area contributed by atoms with Gasteiger partial charge in [-0.05, 0) is 31.2 Å². The first-order valence-corrected chi connectivity index (χ1v) is 9.39. The molecule has 1 fully saturated rings. The second-order valence-electron chi connectivity index (χ2n) is 6.94. The van der Waals surface area contributed by atoms with Gasteiger partial charge in [0.05, 0.1) is 6.54 Å². The highest BCUT2D eigenvalue weighted by Crippen LogP contribution is 2.15. The lowest BCUT2D eigenvalue weighted by atomic mass is 9.97. The maximum atomic E-state index is 12.5. The molecule has 5 heteroatoms. The fourth-order valence-corrected chi connectivity index (χ4v) is 3.20. The van der Waals surface area contributed by atoms with Crippen LogP contribution >= 0.6 is 0 Å². The molecule has 0 spiro atoms. The fourth-order valence-electron chi connectivity index (χ4n) is 3.20. The number of amides is 2. The highest BCUT2D eigenvalue weighted by atomic mass is 16.2. The van der Waals surface area contributed by atoms with E-state index in [1.54, 1.807) is 0 Å². The number of carbonyl (C=O) groups excluding carboxylic acids is 2. The van der Waals surface area contributed by atoms with E-state index in [0.717, 1.165) is 39.0 Å². The Kier molecular flexibility index (Phi) is 7.92. The molecule has 1 heterocycles. The van der Waals surface area contributed by atoms with Crippen LogP contribution in [0.1, 0.15) is 32.3 Å². The van der Waals surface area contributed by atoms with E-state index in [9.17, 15) is 9.59 Å². The summed E-state index contributed by atoms with van der Waals surface area (Å²) in [5.74, 6) is 0.705. The van der Waals surface area contributed by atoms with Crippen molar-refractivity contribution in [2.75, 3.05) is 39.3 Å². The van der Waals surface area contributed by atoms with Gasteiger partial charge >= 0.3 is 0 Å². The Hall–Kier alpha value is -1.88. The van der Waals surface area contributed by atoms with E-state index in [-0.39, 0.29) is 11.8 Å². The van der Waals surface area contributed by atoms with Crippen molar-refractivity contribution in [1.29, 1.82) is 0 Å². The van der Waals surface area contributed by atoms with E-state index >= 15 is 0 Å². The molecule has 0 aromatic heterocycles. The van der Waals surface area contributed by atoms with Crippen molar-refractivity contribution in [3.63, 3.8) is 0 Å². The van der Waals surface area contributed by atoms with Crippen LogP contribution in [-0.2, 0) is 16.0 Å². The summed E-state index contributed by atoms with van der Waals surface area (Å²) in [7, 11) is 0. The number of benzene rings is 1. The molecule has 2 amide bonds. The molecule has 1 aliphatic rings. The van der Waals surface area contributed by atoms with Crippen LogP contribution in [0, 0.1) is 5.92 Å². The molecule has 0 bridgehead atoms. The van der Waals surface area contributed by atoms with Gasteiger partial charge in [-0.2, -0.15) is 0 Å². The van der Waals surface area contributed by atoms with E-state index < -0.39 is 0 Å². The van der Waals surface area contributed by atoms with Crippen LogP contribution in [0.2, 0.25) is 0 Å². The van der Waals surface area contributed by atoms with Gasteiger partial charge in [-0.15, -0.1) is 0 Å². The first-order chi connectivity index (χ1) is 12.1. The van der Waals surface area contributed by atoms with Gasteiger partial charge in [-0.1, -0.05) is 37.3 Å². The smallest absolute Gasteiger partial charge is 0.234 e. The zero-order valence-electron chi connectivity index (χ0n) is 15.5. The van der Waals surface area contributed by atoms with Crippen molar-refractivity contribution >= 4 is 11.8 Å². The predicted molar refractivity (Wildman–Crippen MR) is 100 cm³/mol. The standard InChI is InChI=1S/C20H31N3O2/c1-3-21-19(24)16-22-11-13-23(14-12-22)20(25)15-17(2)9-10-18-7-5-4-6-8-18/h4-8,17H,3,9-16H2,1-2H3,(H,21,24)/t17-/m0/s1. The van der Waals surface area contributed by atoms with E-state index in [1.165, 1.54) is 5.56 Å². The molecule has 1 saturated heterocycles. The molecular formula is C20H31N3O2. The van der Waals surface area contributed by atoms with Crippen LogP contribution in [-0.4, -0.2) is 60.9 Å². The largest absolute Gasteiger partial charge is 0.355 e. The summed E-state index contributed by atoms with van der Waals surface area (Å²) in [6.45, 7) is 8.19. The Labute approximate surface area is 151 Å². The molecule has 1 aliphatic heterocycles. The number of piperazine rings is 1. The number of rotatable bonds is 8. The van der Waals surface area contributed by atoms with E-state index in [0.29, 0.717) is 25.4 Å². The Balaban J connectivity index is 1.67. The first-order valence-electron chi connectivity index (χ1n) is 9.39. The van der Waals surface area contributed by atoms with Gasteiger partial charge in [-0.3, -0.25) is 14.5 Å². The van der Waals surface area contributed by atoms with Gasteiger partial charge in [0.15, 0.2) is 0 Å². The van der Waals surface area contributed by atoms with Crippen molar-refractivity contribution in [2.24, 2.45) is 5.92 Å². The third kappa shape index (κ3) is 6.86. The summed E-state index contributed by atoms with van der Waals surface area (Å²) in [6.07, 6.45) is 2.67. The van der Waals surface area contributed by atoms with Gasteiger partial charge in [0.2, 0.25) is 11.8 Å². The third-order valence-electron chi connectivity index (χ3n) is 4.76. The molecule has 0 radical (unpaired) electrons. The second-order valence-corrected chi connectivity index (χ2v) is 6.94. The van der Waals surface area contributed by atoms with Crippen LogP contribution in [0.25, 0.3) is 0 Å². The highest BCUT2D eigenvalue weighted by molar-refractivity contribution is 5.78. The average Bonchev–Trinajstić information content (AvgIpc) is 2.61. The van der Waals surface area contributed by atoms with Crippen molar-refractivity contribution in [2.45, 2.75) is 33.1 Å². The van der Waals surface area contributed by atoms with Crippen LogP contribution < -0.4 is 5.32 Å². The lowest BCUT2D eigenvalue weighted by molar-refractivity contribution is -0.134. The van der Waals surface area contributed by atoms with E-state index in [1.807, 2.05) is 17.9 Å². The summed E-state index contributed by atoms with van der Waals surface area (Å²) in [4.78, 5) is 28.2. The minimum atomic E-state index is 0.0665. The molecule has 0 unspecified atom stereocenters. The lowest BCUT2D eigenvalue weighted by Gasteiger charge is -2.34. The topological polar surface area (TPSA) is 52.7 Å². The maximum absolute atomic E-state index is 12.5. The molecule has 1 N–H and O–H groups in total. The lowest BCUT2D eigenvalue weighted by Crippen LogP contribution is -2.51. The number of hydrogen-bond donors (Lipinski definition) is 1. The van der Waals surface area contributed by atoms with E-state index in [4.69, 9.17) is 0 Å². The number of carbonyl (C=O) groups is 2. The third-order valence-corrected chi connectivity index (χ3v) is 4.76. The molecule has 0 saturated carbocycles. The predicted octanol–water partition coefficient (Wildman–Crippen LogP) is 1.93. The number of aryl methyl sites for hydroxylation is 1. The number of likely N-dealkylation sites (N-methyl/N-ethyl adjacent to an activating group) is 1. The van der Waals surface area contributed by atoms with Gasteiger partial charge in [0.25, 0.3) is 0 Å². The van der Waals surface area contributed by atoms with Gasteiger partial charge in [0, 0.05) is 39.1 Å². The van der Waals surface area contributed by atoms with Crippen LogP contribution in [0.15, 0.2) is 30.3 Å². The molecule has 2 rings (SSSR count). The molecule has 1 aromatic carbocycles. The van der Waals surface area contributed by atoms with Crippen LogP contribution in [0.4, 0.5) is 0 Å². The summed E-state index contributed by atoms with van der Waals surface area (Å²) >= 11 is 0. The zero-order chi connectivity index (χ0) is 18.1. The Morgan fingerprint density at radius 1 is 1.12 bits per heavy atom. The Morgan fingerprint density at radius 2 is 1.80 bits per heavy atom. The van der Waals surface area contributed by atoms with Crippen molar-refractivity contribution in [1.82, 2.24) is 15.1 Å². The fraction of sp³-hybridized carbons (Fsp3) is 0.600. The molecule has 1 atom stereocenters. The summed E-state index contributed by atoms with van der Waals surface area (Å²) in [5, 5.41) is 2.82.